The van der Waals surface area contributed by atoms with Crippen molar-refractivity contribution in [2.24, 2.45) is 0 Å². The normalized spacial score (nSPS) is 18.6. The maximum atomic E-state index is 17.9. The van der Waals surface area contributed by atoms with Crippen LogP contribution in [0.15, 0.2) is 72.9 Å². The molecule has 0 aliphatic carbocycles. The predicted molar refractivity (Wildman–Crippen MR) is 241 cm³/mol. The van der Waals surface area contributed by atoms with E-state index in [-0.39, 0.29) is 96.0 Å². The van der Waals surface area contributed by atoms with Crippen LogP contribution in [0.4, 0.5) is 39.3 Å². The molecule has 0 amide bonds. The molecule has 66 heavy (non-hydrogen) atoms. The third-order valence-electron chi connectivity index (χ3n) is 13.2. The number of aromatic nitrogens is 4. The van der Waals surface area contributed by atoms with Crippen LogP contribution in [-0.2, 0) is 19.5 Å². The number of ether oxygens (including phenoxy) is 4. The standard InChI is InChI=1S/C49H51F5N8O4/c1-28-36(22-39(51)52)37(21-38(41(28)53)60(24-30-8-12-33(63-3)13-9-30)25-31-10-14-34(64-4)15-11-31)43-42(54)44-40-46(59-48(58-44)66-27-49-16-6-18-61(49)26-32(50)23-49)62(19-20-65-47(40)57-43)29(2)35-7-5-17-56-45(35)55/h5,7-15,17,21,29,32,39H,6,16,18-20,22-27H2,1-4H3,(H2,55,56)/t29-,32-,49+/m1/s1. The zero-order valence-electron chi connectivity index (χ0n) is 37.2. The molecule has 2 fully saturated rings. The molecule has 0 radical (unpaired) electrons. The molecule has 3 aromatic heterocycles. The van der Waals surface area contributed by atoms with Crippen molar-refractivity contribution in [1.82, 2.24) is 24.8 Å². The highest BCUT2D eigenvalue weighted by Crippen LogP contribution is 2.45. The number of anilines is 3. The first-order valence-corrected chi connectivity index (χ1v) is 22.0. The van der Waals surface area contributed by atoms with Crippen LogP contribution in [0.25, 0.3) is 22.2 Å². The summed E-state index contributed by atoms with van der Waals surface area (Å²) in [7, 11) is 3.12. The summed E-state index contributed by atoms with van der Waals surface area (Å²) >= 11 is 0. The van der Waals surface area contributed by atoms with Gasteiger partial charge in [0.05, 0.1) is 38.0 Å². The van der Waals surface area contributed by atoms with Gasteiger partial charge in [-0.2, -0.15) is 9.97 Å². The number of pyridine rings is 2. The largest absolute Gasteiger partial charge is 0.497 e. The Morgan fingerprint density at radius 2 is 1.64 bits per heavy atom. The van der Waals surface area contributed by atoms with E-state index >= 15 is 8.78 Å². The maximum Gasteiger partial charge on any atom is 0.319 e. The second-order valence-electron chi connectivity index (χ2n) is 17.2. The first-order chi connectivity index (χ1) is 31.9. The number of nitrogens with zero attached hydrogens (tertiary/aromatic N) is 7. The van der Waals surface area contributed by atoms with E-state index in [1.807, 2.05) is 42.2 Å². The number of nitrogen functional groups attached to an aromatic ring is 1. The number of hydrogen-bond acceptors (Lipinski definition) is 12. The van der Waals surface area contributed by atoms with Gasteiger partial charge in [0.15, 0.2) is 5.82 Å². The molecule has 0 unspecified atom stereocenters. The van der Waals surface area contributed by atoms with Crippen molar-refractivity contribution in [2.75, 3.05) is 62.6 Å². The molecule has 12 nitrogen and oxygen atoms in total. The Bertz CT molecular complexity index is 2680. The van der Waals surface area contributed by atoms with E-state index in [1.165, 1.54) is 13.0 Å². The zero-order chi connectivity index (χ0) is 46.3. The molecule has 3 atom stereocenters. The first kappa shape index (κ1) is 44.7. The quantitative estimate of drug-likeness (QED) is 0.0989. The van der Waals surface area contributed by atoms with E-state index < -0.39 is 42.2 Å². The second-order valence-corrected chi connectivity index (χ2v) is 17.2. The number of alkyl halides is 3. The van der Waals surface area contributed by atoms with Gasteiger partial charge < -0.3 is 34.5 Å². The number of benzene rings is 3. The molecular formula is C49H51F5N8O4. The van der Waals surface area contributed by atoms with Crippen molar-refractivity contribution >= 4 is 28.2 Å². The summed E-state index contributed by atoms with van der Waals surface area (Å²) in [5.41, 5.74) is 7.22. The summed E-state index contributed by atoms with van der Waals surface area (Å²) in [5.74, 6) is 0.0281. The molecule has 3 aliphatic heterocycles. The van der Waals surface area contributed by atoms with Crippen molar-refractivity contribution < 1.29 is 40.9 Å². The highest BCUT2D eigenvalue weighted by molar-refractivity contribution is 5.97. The minimum Gasteiger partial charge on any atom is -0.497 e. The minimum atomic E-state index is -2.92. The summed E-state index contributed by atoms with van der Waals surface area (Å²) in [4.78, 5) is 24.3. The van der Waals surface area contributed by atoms with Crippen LogP contribution in [0.1, 0.15) is 60.0 Å². The molecule has 2 saturated heterocycles. The van der Waals surface area contributed by atoms with Crippen LogP contribution in [0.5, 0.6) is 23.4 Å². The van der Waals surface area contributed by atoms with Gasteiger partial charge in [0.25, 0.3) is 0 Å². The molecular weight excluding hydrogens is 860 g/mol. The molecule has 3 aliphatic rings. The van der Waals surface area contributed by atoms with Gasteiger partial charge in [0, 0.05) is 49.8 Å². The lowest BCUT2D eigenvalue weighted by Gasteiger charge is -2.32. The molecule has 9 rings (SSSR count). The van der Waals surface area contributed by atoms with Crippen molar-refractivity contribution in [3.05, 3.63) is 112 Å². The Morgan fingerprint density at radius 3 is 2.29 bits per heavy atom. The van der Waals surface area contributed by atoms with Crippen LogP contribution in [-0.4, -0.2) is 90.0 Å². The average molecular weight is 911 g/mol. The Morgan fingerprint density at radius 1 is 0.939 bits per heavy atom. The molecule has 346 valence electrons. The van der Waals surface area contributed by atoms with Gasteiger partial charge >= 0.3 is 6.01 Å². The first-order valence-electron chi connectivity index (χ1n) is 22.0. The molecule has 17 heteroatoms. The number of halogens is 5. The third-order valence-corrected chi connectivity index (χ3v) is 13.2. The van der Waals surface area contributed by atoms with Crippen molar-refractivity contribution in [3.63, 3.8) is 0 Å². The van der Waals surface area contributed by atoms with Gasteiger partial charge in [-0.15, -0.1) is 0 Å². The fourth-order valence-corrected chi connectivity index (χ4v) is 9.78. The van der Waals surface area contributed by atoms with Gasteiger partial charge in [-0.3, -0.25) is 4.90 Å². The van der Waals surface area contributed by atoms with E-state index in [2.05, 4.69) is 14.9 Å². The van der Waals surface area contributed by atoms with Crippen LogP contribution in [0.3, 0.4) is 0 Å². The van der Waals surface area contributed by atoms with Crippen LogP contribution < -0.4 is 34.5 Å². The number of fused-ring (bicyclic) bond motifs is 1. The van der Waals surface area contributed by atoms with Gasteiger partial charge in [-0.1, -0.05) is 30.3 Å². The maximum absolute atomic E-state index is 17.9. The topological polar surface area (TPSA) is 124 Å². The van der Waals surface area contributed by atoms with Crippen molar-refractivity contribution in [2.45, 2.75) is 76.8 Å². The summed E-state index contributed by atoms with van der Waals surface area (Å²) < 4.78 is 102. The van der Waals surface area contributed by atoms with Crippen LogP contribution >= 0.6 is 0 Å². The van der Waals surface area contributed by atoms with E-state index in [0.717, 1.165) is 24.1 Å². The summed E-state index contributed by atoms with van der Waals surface area (Å²) in [6, 6.07) is 18.9. The zero-order valence-corrected chi connectivity index (χ0v) is 37.2. The smallest absolute Gasteiger partial charge is 0.319 e. The van der Waals surface area contributed by atoms with E-state index in [4.69, 9.17) is 34.6 Å². The SMILES string of the molecule is COc1ccc(CN(Cc2ccc(OC)cc2)c2cc(-c3nc4c5c(nc(OC[C@@]67CCCN6C[C@H](F)C7)nc5c3F)N([C@H](C)c3cccnc3N)CCO4)c(CC(F)F)c(C)c2F)cc1. The third kappa shape index (κ3) is 8.56. The van der Waals surface area contributed by atoms with Gasteiger partial charge in [0.2, 0.25) is 12.3 Å². The average Bonchev–Trinajstić information content (AvgIpc) is 3.78. The number of hydrogen-bond donors (Lipinski definition) is 1. The highest BCUT2D eigenvalue weighted by atomic mass is 19.3. The Hall–Kier alpha value is -6.49. The lowest BCUT2D eigenvalue weighted by atomic mass is 9.93. The fourth-order valence-electron chi connectivity index (χ4n) is 9.78. The second kappa shape index (κ2) is 18.4. The number of rotatable bonds is 15. The molecule has 6 aromatic rings. The van der Waals surface area contributed by atoms with Crippen LogP contribution in [0, 0.1) is 18.6 Å². The molecule has 0 bridgehead atoms. The Labute approximate surface area is 379 Å². The lowest BCUT2D eigenvalue weighted by molar-refractivity contribution is 0.107. The van der Waals surface area contributed by atoms with Gasteiger partial charge in [-0.25, -0.2) is 31.9 Å². The predicted octanol–water partition coefficient (Wildman–Crippen LogP) is 9.20. The van der Waals surface area contributed by atoms with E-state index in [9.17, 15) is 13.2 Å². The Kier molecular flexibility index (Phi) is 12.5. The molecule has 0 spiro atoms. The van der Waals surface area contributed by atoms with Crippen molar-refractivity contribution in [1.29, 1.82) is 0 Å². The molecule has 0 saturated carbocycles. The monoisotopic (exact) mass is 910 g/mol. The van der Waals surface area contributed by atoms with Crippen molar-refractivity contribution in [3.8, 4) is 34.6 Å². The Balaban J connectivity index is 1.22. The number of nitrogens with two attached hydrogens (primary N) is 1. The molecule has 6 heterocycles. The summed E-state index contributed by atoms with van der Waals surface area (Å²) in [6.45, 7) is 5.05. The fraction of sp³-hybridized carbons (Fsp3) is 0.388. The van der Waals surface area contributed by atoms with Crippen LogP contribution in [0.2, 0.25) is 0 Å². The van der Waals surface area contributed by atoms with E-state index in [0.29, 0.717) is 35.8 Å². The molecule has 3 aromatic carbocycles. The highest BCUT2D eigenvalue weighted by Gasteiger charge is 2.49. The minimum absolute atomic E-state index is 0.0322. The molecule has 2 N–H and O–H groups in total. The lowest BCUT2D eigenvalue weighted by Crippen LogP contribution is -2.43. The number of methoxy groups -OCH3 is 2. The van der Waals surface area contributed by atoms with E-state index in [1.54, 1.807) is 55.6 Å². The van der Waals surface area contributed by atoms with Gasteiger partial charge in [-0.05, 0) is 91.9 Å². The van der Waals surface area contributed by atoms with Gasteiger partial charge in [0.1, 0.15) is 64.9 Å². The summed E-state index contributed by atoms with van der Waals surface area (Å²) in [6.07, 6.45) is -1.37. The summed E-state index contributed by atoms with van der Waals surface area (Å²) in [5, 5.41) is 0.121.